The summed E-state index contributed by atoms with van der Waals surface area (Å²) in [5.74, 6) is 1.24. The van der Waals surface area contributed by atoms with Crippen molar-refractivity contribution in [2.24, 2.45) is 11.8 Å². The molecule has 4 nitrogen and oxygen atoms in total. The molecule has 2 saturated heterocycles. The number of nitrogens with zero attached hydrogens (tertiary/aromatic N) is 2. The molecule has 3 rings (SSSR count). The number of fused-ring (bicyclic) bond motifs is 1. The van der Waals surface area contributed by atoms with Crippen molar-refractivity contribution < 1.29 is 9.59 Å². The maximum absolute atomic E-state index is 12.7. The Hall–Kier alpha value is -1.06. The molecule has 3 aliphatic rings. The highest BCUT2D eigenvalue weighted by molar-refractivity contribution is 5.97. The SMILES string of the molecule is CC(C)C1C(=O)N2CCCC2C(=O)N1CC1CCC1. The van der Waals surface area contributed by atoms with Gasteiger partial charge in [0.2, 0.25) is 11.8 Å². The van der Waals surface area contributed by atoms with Crippen LogP contribution in [0.25, 0.3) is 0 Å². The molecule has 0 spiro atoms. The molecule has 1 aliphatic carbocycles. The van der Waals surface area contributed by atoms with E-state index in [2.05, 4.69) is 13.8 Å². The summed E-state index contributed by atoms with van der Waals surface area (Å²) in [7, 11) is 0. The number of rotatable bonds is 3. The van der Waals surface area contributed by atoms with Crippen molar-refractivity contribution in [1.82, 2.24) is 9.80 Å². The molecule has 0 aromatic heterocycles. The average molecular weight is 264 g/mol. The molecule has 2 amide bonds. The Balaban J connectivity index is 1.84. The summed E-state index contributed by atoms with van der Waals surface area (Å²) >= 11 is 0. The number of carbonyl (C=O) groups is 2. The molecule has 2 heterocycles. The van der Waals surface area contributed by atoms with E-state index in [9.17, 15) is 9.59 Å². The first kappa shape index (κ1) is 12.9. The number of hydrogen-bond donors (Lipinski definition) is 0. The van der Waals surface area contributed by atoms with Crippen LogP contribution >= 0.6 is 0 Å². The summed E-state index contributed by atoms with van der Waals surface area (Å²) in [4.78, 5) is 29.1. The average Bonchev–Trinajstić information content (AvgIpc) is 2.78. The van der Waals surface area contributed by atoms with E-state index < -0.39 is 0 Å². The van der Waals surface area contributed by atoms with Gasteiger partial charge in [-0.2, -0.15) is 0 Å². The van der Waals surface area contributed by atoms with E-state index in [1.54, 1.807) is 0 Å². The van der Waals surface area contributed by atoms with Crippen molar-refractivity contribution >= 4 is 11.8 Å². The first-order chi connectivity index (χ1) is 9.09. The molecule has 106 valence electrons. The smallest absolute Gasteiger partial charge is 0.246 e. The summed E-state index contributed by atoms with van der Waals surface area (Å²) in [6, 6.07) is -0.370. The van der Waals surface area contributed by atoms with Gasteiger partial charge >= 0.3 is 0 Å². The number of hydrogen-bond acceptors (Lipinski definition) is 2. The van der Waals surface area contributed by atoms with Crippen LogP contribution in [-0.4, -0.2) is 46.8 Å². The predicted octanol–water partition coefficient (Wildman–Crippen LogP) is 1.64. The van der Waals surface area contributed by atoms with Gasteiger partial charge in [-0.05, 0) is 37.5 Å². The quantitative estimate of drug-likeness (QED) is 0.777. The third kappa shape index (κ3) is 2.05. The molecule has 19 heavy (non-hydrogen) atoms. The minimum Gasteiger partial charge on any atom is -0.329 e. The van der Waals surface area contributed by atoms with Gasteiger partial charge in [0.25, 0.3) is 0 Å². The fraction of sp³-hybridized carbons (Fsp3) is 0.867. The van der Waals surface area contributed by atoms with E-state index >= 15 is 0 Å². The zero-order valence-corrected chi connectivity index (χ0v) is 12.0. The molecule has 0 radical (unpaired) electrons. The second-order valence-electron chi connectivity index (χ2n) is 6.67. The fourth-order valence-electron chi connectivity index (χ4n) is 3.72. The molecule has 2 atom stereocenters. The van der Waals surface area contributed by atoms with E-state index in [4.69, 9.17) is 0 Å². The summed E-state index contributed by atoms with van der Waals surface area (Å²) < 4.78 is 0. The van der Waals surface area contributed by atoms with Crippen LogP contribution in [0.2, 0.25) is 0 Å². The maximum Gasteiger partial charge on any atom is 0.246 e. The Kier molecular flexibility index (Phi) is 3.27. The van der Waals surface area contributed by atoms with Gasteiger partial charge in [0, 0.05) is 13.1 Å². The van der Waals surface area contributed by atoms with Crippen LogP contribution in [0, 0.1) is 11.8 Å². The van der Waals surface area contributed by atoms with Crippen molar-refractivity contribution in [2.45, 2.75) is 58.0 Å². The highest BCUT2D eigenvalue weighted by atomic mass is 16.2. The van der Waals surface area contributed by atoms with E-state index in [1.165, 1.54) is 19.3 Å². The van der Waals surface area contributed by atoms with Gasteiger partial charge in [0.1, 0.15) is 12.1 Å². The van der Waals surface area contributed by atoms with E-state index in [0.717, 1.165) is 25.9 Å². The monoisotopic (exact) mass is 264 g/mol. The fourth-order valence-corrected chi connectivity index (χ4v) is 3.72. The van der Waals surface area contributed by atoms with E-state index in [0.29, 0.717) is 5.92 Å². The Labute approximate surface area is 115 Å². The van der Waals surface area contributed by atoms with Crippen molar-refractivity contribution in [3.8, 4) is 0 Å². The summed E-state index contributed by atoms with van der Waals surface area (Å²) in [5.41, 5.74) is 0. The number of piperazine rings is 1. The Morgan fingerprint density at radius 2 is 1.84 bits per heavy atom. The summed E-state index contributed by atoms with van der Waals surface area (Å²) in [6.45, 7) is 5.69. The highest BCUT2D eigenvalue weighted by Crippen LogP contribution is 2.34. The van der Waals surface area contributed by atoms with Gasteiger partial charge in [-0.25, -0.2) is 0 Å². The van der Waals surface area contributed by atoms with Gasteiger partial charge in [-0.15, -0.1) is 0 Å². The first-order valence-corrected chi connectivity index (χ1v) is 7.70. The van der Waals surface area contributed by atoms with Crippen LogP contribution in [0.4, 0.5) is 0 Å². The molecular weight excluding hydrogens is 240 g/mol. The lowest BCUT2D eigenvalue weighted by Crippen LogP contribution is -2.65. The van der Waals surface area contributed by atoms with Crippen LogP contribution in [0.1, 0.15) is 46.0 Å². The van der Waals surface area contributed by atoms with Crippen molar-refractivity contribution in [2.75, 3.05) is 13.1 Å². The third-order valence-corrected chi connectivity index (χ3v) is 5.00. The van der Waals surface area contributed by atoms with Gasteiger partial charge in [0.15, 0.2) is 0 Å². The van der Waals surface area contributed by atoms with Crippen LogP contribution in [-0.2, 0) is 9.59 Å². The van der Waals surface area contributed by atoms with Gasteiger partial charge in [-0.1, -0.05) is 20.3 Å². The second kappa shape index (κ2) is 4.80. The van der Waals surface area contributed by atoms with Crippen molar-refractivity contribution in [3.63, 3.8) is 0 Å². The standard InChI is InChI=1S/C15H24N2O2/c1-10(2)13-15(19)16-8-4-7-12(16)14(18)17(13)9-11-5-3-6-11/h10-13H,3-9H2,1-2H3. The summed E-state index contributed by atoms with van der Waals surface area (Å²) in [6.07, 6.45) is 5.55. The lowest BCUT2D eigenvalue weighted by atomic mass is 9.83. The van der Waals surface area contributed by atoms with Crippen molar-refractivity contribution in [3.05, 3.63) is 0 Å². The Bertz CT molecular complexity index is 390. The maximum atomic E-state index is 12.7. The normalized spacial score (nSPS) is 31.9. The lowest BCUT2D eigenvalue weighted by molar-refractivity contribution is -0.162. The Morgan fingerprint density at radius 1 is 1.11 bits per heavy atom. The Morgan fingerprint density at radius 3 is 2.42 bits per heavy atom. The third-order valence-electron chi connectivity index (χ3n) is 5.00. The highest BCUT2D eigenvalue weighted by Gasteiger charge is 2.49. The van der Waals surface area contributed by atoms with Crippen LogP contribution in [0.15, 0.2) is 0 Å². The van der Waals surface area contributed by atoms with Gasteiger partial charge < -0.3 is 9.80 Å². The second-order valence-corrected chi connectivity index (χ2v) is 6.67. The molecule has 3 fully saturated rings. The minimum absolute atomic E-state index is 0.150. The molecule has 0 bridgehead atoms. The molecule has 0 aromatic rings. The molecule has 4 heteroatoms. The molecule has 0 N–H and O–H groups in total. The van der Waals surface area contributed by atoms with E-state index in [1.807, 2.05) is 9.80 Å². The molecule has 2 aliphatic heterocycles. The van der Waals surface area contributed by atoms with Crippen LogP contribution < -0.4 is 0 Å². The topological polar surface area (TPSA) is 40.6 Å². The zero-order chi connectivity index (χ0) is 13.6. The van der Waals surface area contributed by atoms with Crippen molar-refractivity contribution in [1.29, 1.82) is 0 Å². The zero-order valence-electron chi connectivity index (χ0n) is 12.0. The predicted molar refractivity (Wildman–Crippen MR) is 72.4 cm³/mol. The van der Waals surface area contributed by atoms with Crippen LogP contribution in [0.5, 0.6) is 0 Å². The molecule has 2 unspecified atom stereocenters. The lowest BCUT2D eigenvalue weighted by Gasteiger charge is -2.46. The molecule has 1 saturated carbocycles. The largest absolute Gasteiger partial charge is 0.329 e. The number of carbonyl (C=O) groups excluding carboxylic acids is 2. The van der Waals surface area contributed by atoms with Crippen LogP contribution in [0.3, 0.4) is 0 Å². The van der Waals surface area contributed by atoms with Gasteiger partial charge in [0.05, 0.1) is 0 Å². The molecule has 0 aromatic carbocycles. The molecular formula is C15H24N2O2. The van der Waals surface area contributed by atoms with E-state index in [-0.39, 0.29) is 29.8 Å². The first-order valence-electron chi connectivity index (χ1n) is 7.70. The number of amides is 2. The van der Waals surface area contributed by atoms with Gasteiger partial charge in [-0.3, -0.25) is 9.59 Å². The minimum atomic E-state index is -0.220. The summed E-state index contributed by atoms with van der Waals surface area (Å²) in [5, 5.41) is 0.